The summed E-state index contributed by atoms with van der Waals surface area (Å²) in [5.74, 6) is -0.0338. The third kappa shape index (κ3) is 3.35. The number of para-hydroxylation sites is 1. The van der Waals surface area contributed by atoms with Crippen LogP contribution in [0.1, 0.15) is 22.8 Å². The van der Waals surface area contributed by atoms with Gasteiger partial charge in [0.25, 0.3) is 5.91 Å². The minimum absolute atomic E-state index is 0.00148. The molecule has 114 valence electrons. The molecule has 0 aliphatic heterocycles. The van der Waals surface area contributed by atoms with Gasteiger partial charge in [-0.15, -0.1) is 0 Å². The fourth-order valence-electron chi connectivity index (χ4n) is 1.90. The monoisotopic (exact) mass is 300 g/mol. The summed E-state index contributed by atoms with van der Waals surface area (Å²) < 4.78 is 5.11. The number of carbonyl (C=O) groups excluding carboxylic acids is 1. The Morgan fingerprint density at radius 2 is 1.86 bits per heavy atom. The average Bonchev–Trinajstić information content (AvgIpc) is 2.54. The van der Waals surface area contributed by atoms with E-state index in [1.165, 1.54) is 25.3 Å². The van der Waals surface area contributed by atoms with Crippen LogP contribution in [0.2, 0.25) is 0 Å². The standard InChI is InChI=1S/C16H16N2O4/c1-10(13-9-11(19)7-8-14(13)20)17-18-16(21)12-5-3-4-6-15(12)22-2/h3-9,19-20H,1-2H3,(H,18,21)/b17-10-. The molecule has 0 heterocycles. The van der Waals surface area contributed by atoms with E-state index in [1.54, 1.807) is 31.2 Å². The first-order valence-corrected chi connectivity index (χ1v) is 6.53. The van der Waals surface area contributed by atoms with Crippen molar-refractivity contribution >= 4 is 11.6 Å². The minimum atomic E-state index is -0.434. The van der Waals surface area contributed by atoms with Crippen molar-refractivity contribution in [3.8, 4) is 17.2 Å². The zero-order valence-electron chi connectivity index (χ0n) is 12.2. The van der Waals surface area contributed by atoms with E-state index in [4.69, 9.17) is 4.74 Å². The first-order valence-electron chi connectivity index (χ1n) is 6.53. The van der Waals surface area contributed by atoms with Crippen LogP contribution in [-0.2, 0) is 0 Å². The zero-order chi connectivity index (χ0) is 16.1. The topological polar surface area (TPSA) is 91.2 Å². The molecule has 22 heavy (non-hydrogen) atoms. The number of nitrogens with zero attached hydrogens (tertiary/aromatic N) is 1. The summed E-state index contributed by atoms with van der Waals surface area (Å²) in [5.41, 5.74) is 3.44. The molecule has 0 atom stereocenters. The molecular weight excluding hydrogens is 284 g/mol. The number of hydrogen-bond acceptors (Lipinski definition) is 5. The molecule has 1 amide bonds. The molecular formula is C16H16N2O4. The fraction of sp³-hybridized carbons (Fsp3) is 0.125. The van der Waals surface area contributed by atoms with E-state index in [2.05, 4.69) is 10.5 Å². The molecule has 2 aromatic rings. The highest BCUT2D eigenvalue weighted by molar-refractivity contribution is 6.03. The first kappa shape index (κ1) is 15.4. The van der Waals surface area contributed by atoms with Crippen molar-refractivity contribution in [3.63, 3.8) is 0 Å². The van der Waals surface area contributed by atoms with Crippen LogP contribution in [0.5, 0.6) is 17.2 Å². The molecule has 0 fully saturated rings. The molecule has 0 unspecified atom stereocenters. The Morgan fingerprint density at radius 1 is 1.14 bits per heavy atom. The summed E-state index contributed by atoms with van der Waals surface area (Å²) in [7, 11) is 1.48. The number of ether oxygens (including phenoxy) is 1. The van der Waals surface area contributed by atoms with Crippen LogP contribution in [-0.4, -0.2) is 28.9 Å². The Labute approximate surface area is 127 Å². The lowest BCUT2D eigenvalue weighted by molar-refractivity contribution is 0.0952. The van der Waals surface area contributed by atoms with Gasteiger partial charge >= 0.3 is 0 Å². The molecule has 2 rings (SSSR count). The van der Waals surface area contributed by atoms with E-state index in [0.29, 0.717) is 22.6 Å². The van der Waals surface area contributed by atoms with Crippen LogP contribution in [0.3, 0.4) is 0 Å². The summed E-state index contributed by atoms with van der Waals surface area (Å²) in [6.45, 7) is 1.61. The maximum atomic E-state index is 12.1. The van der Waals surface area contributed by atoms with Gasteiger partial charge in [-0.3, -0.25) is 4.79 Å². The van der Waals surface area contributed by atoms with Crippen molar-refractivity contribution in [2.45, 2.75) is 6.92 Å². The van der Waals surface area contributed by atoms with Gasteiger partial charge in [0, 0.05) is 5.56 Å². The smallest absolute Gasteiger partial charge is 0.275 e. The number of carbonyl (C=O) groups is 1. The summed E-state index contributed by atoms with van der Waals surface area (Å²) in [6, 6.07) is 10.8. The first-order chi connectivity index (χ1) is 10.5. The number of methoxy groups -OCH3 is 1. The number of hydrazone groups is 1. The van der Waals surface area contributed by atoms with Gasteiger partial charge in [0.15, 0.2) is 0 Å². The van der Waals surface area contributed by atoms with Crippen LogP contribution in [0.25, 0.3) is 0 Å². The molecule has 0 aromatic heterocycles. The van der Waals surface area contributed by atoms with E-state index < -0.39 is 5.91 Å². The van der Waals surface area contributed by atoms with E-state index in [-0.39, 0.29) is 11.5 Å². The highest BCUT2D eigenvalue weighted by Gasteiger charge is 2.11. The average molecular weight is 300 g/mol. The molecule has 0 spiro atoms. The third-order valence-corrected chi connectivity index (χ3v) is 3.05. The molecule has 0 saturated carbocycles. The molecule has 0 saturated heterocycles. The number of hydrogen-bond donors (Lipinski definition) is 3. The van der Waals surface area contributed by atoms with Crippen LogP contribution in [0.4, 0.5) is 0 Å². The van der Waals surface area contributed by atoms with Crippen LogP contribution < -0.4 is 10.2 Å². The zero-order valence-corrected chi connectivity index (χ0v) is 12.2. The maximum Gasteiger partial charge on any atom is 0.275 e. The molecule has 6 nitrogen and oxygen atoms in total. The Hall–Kier alpha value is -3.02. The van der Waals surface area contributed by atoms with Crippen LogP contribution in [0, 0.1) is 0 Å². The van der Waals surface area contributed by atoms with Gasteiger partial charge in [0.1, 0.15) is 17.2 Å². The number of rotatable bonds is 4. The summed E-state index contributed by atoms with van der Waals surface area (Å²) in [5, 5.41) is 23.1. The van der Waals surface area contributed by atoms with Gasteiger partial charge in [0.05, 0.1) is 18.4 Å². The second-order valence-electron chi connectivity index (χ2n) is 4.54. The normalized spacial score (nSPS) is 11.1. The van der Waals surface area contributed by atoms with Crippen molar-refractivity contribution < 1.29 is 19.7 Å². The SMILES string of the molecule is COc1ccccc1C(=O)N/N=C(/C)c1cc(O)ccc1O. The third-order valence-electron chi connectivity index (χ3n) is 3.05. The lowest BCUT2D eigenvalue weighted by Gasteiger charge is -2.08. The number of amides is 1. The van der Waals surface area contributed by atoms with Gasteiger partial charge in [0.2, 0.25) is 0 Å². The Bertz CT molecular complexity index is 726. The molecule has 0 bridgehead atoms. The quantitative estimate of drug-likeness (QED) is 0.459. The van der Waals surface area contributed by atoms with Crippen LogP contribution >= 0.6 is 0 Å². The number of phenols is 2. The molecule has 0 radical (unpaired) electrons. The van der Waals surface area contributed by atoms with Gasteiger partial charge < -0.3 is 14.9 Å². The van der Waals surface area contributed by atoms with E-state index in [9.17, 15) is 15.0 Å². The lowest BCUT2D eigenvalue weighted by Crippen LogP contribution is -2.20. The van der Waals surface area contributed by atoms with E-state index in [1.807, 2.05) is 0 Å². The summed E-state index contributed by atoms with van der Waals surface area (Å²) >= 11 is 0. The van der Waals surface area contributed by atoms with Gasteiger partial charge in [-0.2, -0.15) is 5.10 Å². The molecule has 0 aliphatic carbocycles. The van der Waals surface area contributed by atoms with Crippen molar-refractivity contribution in [2.75, 3.05) is 7.11 Å². The van der Waals surface area contributed by atoms with Crippen molar-refractivity contribution in [1.29, 1.82) is 0 Å². The lowest BCUT2D eigenvalue weighted by atomic mass is 10.1. The number of nitrogens with one attached hydrogen (secondary N) is 1. The predicted molar refractivity (Wildman–Crippen MR) is 82.4 cm³/mol. The van der Waals surface area contributed by atoms with Crippen molar-refractivity contribution in [1.82, 2.24) is 5.43 Å². The molecule has 3 N–H and O–H groups in total. The largest absolute Gasteiger partial charge is 0.508 e. The van der Waals surface area contributed by atoms with Crippen LogP contribution in [0.15, 0.2) is 47.6 Å². The highest BCUT2D eigenvalue weighted by Crippen LogP contribution is 2.22. The minimum Gasteiger partial charge on any atom is -0.508 e. The van der Waals surface area contributed by atoms with E-state index in [0.717, 1.165) is 0 Å². The number of phenolic OH excluding ortho intramolecular Hbond substituents is 2. The Morgan fingerprint density at radius 3 is 2.59 bits per heavy atom. The molecule has 6 heteroatoms. The Balaban J connectivity index is 2.20. The van der Waals surface area contributed by atoms with Crippen molar-refractivity contribution in [3.05, 3.63) is 53.6 Å². The van der Waals surface area contributed by atoms with Gasteiger partial charge in [-0.25, -0.2) is 5.43 Å². The van der Waals surface area contributed by atoms with Gasteiger partial charge in [-0.05, 0) is 37.3 Å². The maximum absolute atomic E-state index is 12.1. The summed E-state index contributed by atoms with van der Waals surface area (Å²) in [4.78, 5) is 12.1. The second kappa shape index (κ2) is 6.62. The highest BCUT2D eigenvalue weighted by atomic mass is 16.5. The predicted octanol–water partition coefficient (Wildman–Crippen LogP) is 2.26. The van der Waals surface area contributed by atoms with Gasteiger partial charge in [-0.1, -0.05) is 12.1 Å². The number of aromatic hydroxyl groups is 2. The van der Waals surface area contributed by atoms with Crippen molar-refractivity contribution in [2.24, 2.45) is 5.10 Å². The fourth-order valence-corrected chi connectivity index (χ4v) is 1.90. The molecule has 2 aromatic carbocycles. The number of benzene rings is 2. The summed E-state index contributed by atoms with van der Waals surface area (Å²) in [6.07, 6.45) is 0. The second-order valence-corrected chi connectivity index (χ2v) is 4.54. The Kier molecular flexibility index (Phi) is 4.63. The van der Waals surface area contributed by atoms with E-state index >= 15 is 0 Å². The molecule has 0 aliphatic rings.